The van der Waals surface area contributed by atoms with E-state index in [-0.39, 0.29) is 0 Å². The number of amides is 1. The zero-order valence-electron chi connectivity index (χ0n) is 9.83. The number of piperidine rings is 2. The fourth-order valence-corrected chi connectivity index (χ4v) is 3.15. The summed E-state index contributed by atoms with van der Waals surface area (Å²) in [5.74, 6) is 1.22. The molecule has 15 heavy (non-hydrogen) atoms. The number of carbonyl (C=O) groups excluding carboxylic acids is 1. The molecule has 86 valence electrons. The monoisotopic (exact) mass is 210 g/mol. The minimum Gasteiger partial charge on any atom is -0.356 e. The molecule has 3 unspecified atom stereocenters. The van der Waals surface area contributed by atoms with Crippen molar-refractivity contribution in [3.05, 3.63) is 0 Å². The van der Waals surface area contributed by atoms with E-state index >= 15 is 0 Å². The SMILES string of the molecule is CCC1CC2C(=O)NCCC2CN1CC. The minimum absolute atomic E-state index is 0.298. The van der Waals surface area contributed by atoms with E-state index in [0.29, 0.717) is 23.8 Å². The highest BCUT2D eigenvalue weighted by Gasteiger charge is 2.39. The van der Waals surface area contributed by atoms with Crippen LogP contribution >= 0.6 is 0 Å². The van der Waals surface area contributed by atoms with Crippen LogP contribution < -0.4 is 5.32 Å². The number of hydrogen-bond acceptors (Lipinski definition) is 2. The molecule has 0 saturated carbocycles. The van der Waals surface area contributed by atoms with Crippen LogP contribution in [0.1, 0.15) is 33.1 Å². The van der Waals surface area contributed by atoms with E-state index in [1.807, 2.05) is 0 Å². The molecule has 0 radical (unpaired) electrons. The van der Waals surface area contributed by atoms with E-state index in [9.17, 15) is 4.79 Å². The second-order valence-corrected chi connectivity index (χ2v) is 4.83. The van der Waals surface area contributed by atoms with Gasteiger partial charge in [0.15, 0.2) is 0 Å². The third-order valence-corrected chi connectivity index (χ3v) is 4.11. The molecule has 0 spiro atoms. The Morgan fingerprint density at radius 2 is 2.27 bits per heavy atom. The largest absolute Gasteiger partial charge is 0.356 e. The molecule has 0 aromatic carbocycles. The zero-order chi connectivity index (χ0) is 10.8. The van der Waals surface area contributed by atoms with E-state index in [2.05, 4.69) is 24.1 Å². The number of carbonyl (C=O) groups is 1. The van der Waals surface area contributed by atoms with Gasteiger partial charge in [0.25, 0.3) is 0 Å². The van der Waals surface area contributed by atoms with Crippen LogP contribution in [-0.4, -0.2) is 36.5 Å². The number of nitrogens with zero attached hydrogens (tertiary/aromatic N) is 1. The summed E-state index contributed by atoms with van der Waals surface area (Å²) in [5.41, 5.74) is 0. The predicted molar refractivity (Wildman–Crippen MR) is 60.5 cm³/mol. The maximum absolute atomic E-state index is 11.8. The summed E-state index contributed by atoms with van der Waals surface area (Å²) in [7, 11) is 0. The maximum Gasteiger partial charge on any atom is 0.223 e. The molecule has 1 N–H and O–H groups in total. The Hall–Kier alpha value is -0.570. The van der Waals surface area contributed by atoms with Gasteiger partial charge in [0.2, 0.25) is 5.91 Å². The fraction of sp³-hybridized carbons (Fsp3) is 0.917. The molecule has 2 heterocycles. The van der Waals surface area contributed by atoms with Gasteiger partial charge in [-0.2, -0.15) is 0 Å². The Balaban J connectivity index is 2.07. The average molecular weight is 210 g/mol. The Morgan fingerprint density at radius 1 is 1.47 bits per heavy atom. The summed E-state index contributed by atoms with van der Waals surface area (Å²) in [6, 6.07) is 0.625. The van der Waals surface area contributed by atoms with Crippen LogP contribution in [0.2, 0.25) is 0 Å². The number of rotatable bonds is 2. The van der Waals surface area contributed by atoms with Gasteiger partial charge in [0.05, 0.1) is 0 Å². The predicted octanol–water partition coefficient (Wildman–Crippen LogP) is 1.24. The molecule has 1 amide bonds. The second-order valence-electron chi connectivity index (χ2n) is 4.83. The van der Waals surface area contributed by atoms with E-state index in [4.69, 9.17) is 0 Å². The Kier molecular flexibility index (Phi) is 3.29. The molecule has 0 aliphatic carbocycles. The topological polar surface area (TPSA) is 32.3 Å². The molecule has 3 heteroatoms. The highest BCUT2D eigenvalue weighted by Crippen LogP contribution is 2.33. The second kappa shape index (κ2) is 4.52. The lowest BCUT2D eigenvalue weighted by molar-refractivity contribution is -0.132. The number of nitrogens with one attached hydrogen (secondary N) is 1. The van der Waals surface area contributed by atoms with Crippen LogP contribution in [-0.2, 0) is 4.79 Å². The molecule has 0 aromatic heterocycles. The van der Waals surface area contributed by atoms with Crippen molar-refractivity contribution in [3.63, 3.8) is 0 Å². The normalized spacial score (nSPS) is 37.2. The highest BCUT2D eigenvalue weighted by molar-refractivity contribution is 5.79. The molecular formula is C12H22N2O. The van der Waals surface area contributed by atoms with E-state index in [1.54, 1.807) is 0 Å². The highest BCUT2D eigenvalue weighted by atomic mass is 16.2. The van der Waals surface area contributed by atoms with Gasteiger partial charge < -0.3 is 10.2 Å². The van der Waals surface area contributed by atoms with Crippen LogP contribution in [0, 0.1) is 11.8 Å². The Bertz CT molecular complexity index is 242. The standard InChI is InChI=1S/C12H22N2O/c1-3-10-7-11-9(8-14(10)4-2)5-6-13-12(11)15/h9-11H,3-8H2,1-2H3,(H,13,15). The summed E-state index contributed by atoms with van der Waals surface area (Å²) in [6.07, 6.45) is 3.41. The van der Waals surface area contributed by atoms with Crippen LogP contribution in [0.25, 0.3) is 0 Å². The lowest BCUT2D eigenvalue weighted by Crippen LogP contribution is -2.54. The van der Waals surface area contributed by atoms with Gasteiger partial charge in [-0.1, -0.05) is 13.8 Å². The third-order valence-electron chi connectivity index (χ3n) is 4.11. The number of hydrogen-bond donors (Lipinski definition) is 1. The first-order valence-corrected chi connectivity index (χ1v) is 6.28. The smallest absolute Gasteiger partial charge is 0.223 e. The first kappa shape index (κ1) is 10.9. The molecular weight excluding hydrogens is 188 g/mol. The molecule has 2 saturated heterocycles. The summed E-state index contributed by atoms with van der Waals surface area (Å²) < 4.78 is 0. The molecule has 2 fully saturated rings. The molecule has 2 aliphatic rings. The quantitative estimate of drug-likeness (QED) is 0.744. The average Bonchev–Trinajstić information content (AvgIpc) is 2.28. The van der Waals surface area contributed by atoms with Gasteiger partial charge in [-0.25, -0.2) is 0 Å². The lowest BCUT2D eigenvalue weighted by atomic mass is 9.77. The van der Waals surface area contributed by atoms with Gasteiger partial charge in [0, 0.05) is 25.0 Å². The van der Waals surface area contributed by atoms with Crippen LogP contribution in [0.5, 0.6) is 0 Å². The Labute approximate surface area is 92.2 Å². The van der Waals surface area contributed by atoms with Gasteiger partial charge in [-0.15, -0.1) is 0 Å². The first-order valence-electron chi connectivity index (χ1n) is 6.28. The first-order chi connectivity index (χ1) is 7.26. The molecule has 0 bridgehead atoms. The fourth-order valence-electron chi connectivity index (χ4n) is 3.15. The Morgan fingerprint density at radius 3 is 2.93 bits per heavy atom. The van der Waals surface area contributed by atoms with Crippen molar-refractivity contribution in [2.45, 2.75) is 39.2 Å². The molecule has 2 aliphatic heterocycles. The summed E-state index contributed by atoms with van der Waals surface area (Å²) in [4.78, 5) is 14.3. The summed E-state index contributed by atoms with van der Waals surface area (Å²) in [6.45, 7) is 7.60. The lowest BCUT2D eigenvalue weighted by Gasteiger charge is -2.45. The van der Waals surface area contributed by atoms with E-state index in [0.717, 1.165) is 26.1 Å². The van der Waals surface area contributed by atoms with Crippen molar-refractivity contribution in [3.8, 4) is 0 Å². The van der Waals surface area contributed by atoms with Gasteiger partial charge in [-0.3, -0.25) is 4.79 Å². The number of likely N-dealkylation sites (tertiary alicyclic amines) is 1. The van der Waals surface area contributed by atoms with Crippen molar-refractivity contribution < 1.29 is 4.79 Å². The molecule has 2 rings (SSSR count). The van der Waals surface area contributed by atoms with Gasteiger partial charge in [0.1, 0.15) is 0 Å². The van der Waals surface area contributed by atoms with Crippen molar-refractivity contribution in [2.24, 2.45) is 11.8 Å². The molecule has 3 nitrogen and oxygen atoms in total. The summed E-state index contributed by atoms with van der Waals surface area (Å²) in [5, 5.41) is 3.00. The van der Waals surface area contributed by atoms with Crippen LogP contribution in [0.4, 0.5) is 0 Å². The van der Waals surface area contributed by atoms with Crippen LogP contribution in [0.15, 0.2) is 0 Å². The molecule has 0 aromatic rings. The third kappa shape index (κ3) is 2.03. The minimum atomic E-state index is 0.298. The maximum atomic E-state index is 11.8. The van der Waals surface area contributed by atoms with Gasteiger partial charge >= 0.3 is 0 Å². The van der Waals surface area contributed by atoms with Gasteiger partial charge in [-0.05, 0) is 31.7 Å². The molecule has 3 atom stereocenters. The van der Waals surface area contributed by atoms with Crippen molar-refractivity contribution in [1.29, 1.82) is 0 Å². The van der Waals surface area contributed by atoms with Crippen molar-refractivity contribution in [2.75, 3.05) is 19.6 Å². The van der Waals surface area contributed by atoms with Crippen molar-refractivity contribution >= 4 is 5.91 Å². The number of fused-ring (bicyclic) bond motifs is 1. The van der Waals surface area contributed by atoms with E-state index < -0.39 is 0 Å². The zero-order valence-corrected chi connectivity index (χ0v) is 9.83. The van der Waals surface area contributed by atoms with Crippen molar-refractivity contribution in [1.82, 2.24) is 10.2 Å². The summed E-state index contributed by atoms with van der Waals surface area (Å²) >= 11 is 0. The van der Waals surface area contributed by atoms with Crippen LogP contribution in [0.3, 0.4) is 0 Å². The van der Waals surface area contributed by atoms with E-state index in [1.165, 1.54) is 12.8 Å².